The van der Waals surface area contributed by atoms with Gasteiger partial charge in [-0.2, -0.15) is 13.2 Å². The largest absolute Gasteiger partial charge is 0.465 e. The van der Waals surface area contributed by atoms with Crippen LogP contribution in [0.15, 0.2) is 48.9 Å². The molecule has 296 valence electrons. The Hall–Kier alpha value is -4.43. The normalized spacial score (nSPS) is 19.6. The van der Waals surface area contributed by atoms with Gasteiger partial charge in [0, 0.05) is 74.5 Å². The van der Waals surface area contributed by atoms with Crippen LogP contribution in [0.1, 0.15) is 36.0 Å². The highest BCUT2D eigenvalue weighted by Crippen LogP contribution is 2.33. The third kappa shape index (κ3) is 9.88. The minimum absolute atomic E-state index is 0. The number of likely N-dealkylation sites (tertiary alicyclic amines) is 2. The summed E-state index contributed by atoms with van der Waals surface area (Å²) in [7, 11) is 2.18. The summed E-state index contributed by atoms with van der Waals surface area (Å²) in [5.74, 6) is -3.76. The number of carboxylic acid groups (broad SMARTS) is 1. The number of nitrogens with zero attached hydrogens (tertiary/aromatic N) is 5. The van der Waals surface area contributed by atoms with Gasteiger partial charge in [0.05, 0.1) is 49.2 Å². The van der Waals surface area contributed by atoms with Gasteiger partial charge in [-0.3, -0.25) is 14.0 Å². The molecule has 4 heterocycles. The number of imidazole rings is 1. The molecule has 4 aromatic rings. The number of benzene rings is 2. The van der Waals surface area contributed by atoms with Gasteiger partial charge >= 0.3 is 12.7 Å². The molecule has 0 spiro atoms. The number of aromatic nitrogens is 3. The van der Waals surface area contributed by atoms with Crippen molar-refractivity contribution in [1.82, 2.24) is 29.9 Å². The van der Waals surface area contributed by atoms with Crippen molar-refractivity contribution in [3.8, 4) is 17.0 Å². The molecule has 0 saturated carbocycles. The van der Waals surface area contributed by atoms with Crippen LogP contribution in [-0.2, 0) is 4.79 Å². The van der Waals surface area contributed by atoms with Gasteiger partial charge < -0.3 is 35.2 Å². The second-order valence-electron chi connectivity index (χ2n) is 13.9. The highest BCUT2D eigenvalue weighted by Gasteiger charge is 2.37. The van der Waals surface area contributed by atoms with Crippen molar-refractivity contribution in [2.24, 2.45) is 11.8 Å². The van der Waals surface area contributed by atoms with Crippen LogP contribution in [0.5, 0.6) is 5.75 Å². The summed E-state index contributed by atoms with van der Waals surface area (Å²) in [6, 6.07) is 6.68. The molecule has 19 heteroatoms. The van der Waals surface area contributed by atoms with Crippen LogP contribution in [0.4, 0.5) is 33.9 Å². The Morgan fingerprint density at radius 1 is 1.05 bits per heavy atom. The average Bonchev–Trinajstić information content (AvgIpc) is 3.78. The number of quaternary nitrogens is 1. The Balaban J connectivity index is 0.00000580. The number of hydrogen-bond donors (Lipinski definition) is 4. The average molecular weight is 904 g/mol. The van der Waals surface area contributed by atoms with Crippen molar-refractivity contribution < 1.29 is 46.3 Å². The number of rotatable bonds is 13. The second kappa shape index (κ2) is 18.0. The number of anilines is 2. The lowest BCUT2D eigenvalue weighted by Gasteiger charge is -2.41. The van der Waals surface area contributed by atoms with Gasteiger partial charge in [-0.15, -0.1) is 24.0 Å². The van der Waals surface area contributed by atoms with Crippen LogP contribution in [0.3, 0.4) is 0 Å². The molecule has 13 nitrogen and oxygen atoms in total. The standard InChI is InChI=1S/C36H39ClF4N8O5.HI/c1-49(20-21-7-13-47(19-21)36(52)53)15-8-22(9-16-49)33(50)43-10-2-11-44-34(51)24-4-3-23(17-26(24)37)46-31-32-45-18-27(48(32)14-12-42-31)25-5-6-28(54-35(40)41)30(39)29(25)38;/h3-6,12,14,17-18,21-22,35H,2,7-11,13,15-16,19-20H2,1H3,(H3-,42,43,44,46,50,51,52,53);1H/p+1. The van der Waals surface area contributed by atoms with Crippen LogP contribution in [0.2, 0.25) is 5.02 Å². The first kappa shape index (κ1) is 41.7. The number of carbonyl (C=O) groups is 3. The van der Waals surface area contributed by atoms with Gasteiger partial charge in [-0.25, -0.2) is 19.2 Å². The van der Waals surface area contributed by atoms with E-state index in [9.17, 15) is 37.1 Å². The number of nitrogens with one attached hydrogen (secondary N) is 3. The highest BCUT2D eigenvalue weighted by atomic mass is 127. The first-order chi connectivity index (χ1) is 25.8. The third-order valence-electron chi connectivity index (χ3n) is 10.0. The third-order valence-corrected chi connectivity index (χ3v) is 10.4. The molecular formula is C36H41ClF4IN8O5+. The van der Waals surface area contributed by atoms with Crippen molar-refractivity contribution in [1.29, 1.82) is 0 Å². The summed E-state index contributed by atoms with van der Waals surface area (Å²) < 4.78 is 60.7. The number of fused-ring (bicyclic) bond motifs is 1. The van der Waals surface area contributed by atoms with E-state index in [2.05, 4.69) is 37.7 Å². The Morgan fingerprint density at radius 3 is 2.49 bits per heavy atom. The number of carbonyl (C=O) groups excluding carboxylic acids is 2. The van der Waals surface area contributed by atoms with Gasteiger partial charge in [-0.1, -0.05) is 11.6 Å². The van der Waals surface area contributed by atoms with E-state index >= 15 is 0 Å². The lowest BCUT2D eigenvalue weighted by molar-refractivity contribution is -0.917. The number of alkyl halides is 2. The van der Waals surface area contributed by atoms with E-state index in [0.717, 1.165) is 55.5 Å². The van der Waals surface area contributed by atoms with Gasteiger partial charge in [0.2, 0.25) is 11.7 Å². The van der Waals surface area contributed by atoms with Crippen LogP contribution in [-0.4, -0.2) is 106 Å². The maximum atomic E-state index is 14.9. The number of hydrogen-bond acceptors (Lipinski definition) is 7. The number of piperidine rings is 1. The maximum absolute atomic E-state index is 14.9. The summed E-state index contributed by atoms with van der Waals surface area (Å²) in [5, 5.41) is 18.2. The molecule has 6 rings (SSSR count). The molecule has 0 radical (unpaired) electrons. The zero-order valence-electron chi connectivity index (χ0n) is 29.7. The van der Waals surface area contributed by atoms with E-state index in [4.69, 9.17) is 11.6 Å². The first-order valence-electron chi connectivity index (χ1n) is 17.5. The summed E-state index contributed by atoms with van der Waals surface area (Å²) in [6.07, 6.45) is 6.22. The highest BCUT2D eigenvalue weighted by molar-refractivity contribution is 14.0. The SMILES string of the molecule is C[N+]1(CC2CCN(C(=O)O)C2)CCC(C(=O)NCCCNC(=O)c2ccc(Nc3nccn4c(-c5ccc(OC(F)F)c(F)c5F)cnc34)cc2Cl)CC1.I. The number of halogens is 6. The zero-order valence-corrected chi connectivity index (χ0v) is 32.8. The summed E-state index contributed by atoms with van der Waals surface area (Å²) in [6.45, 7) is 1.20. The van der Waals surface area contributed by atoms with Gasteiger partial charge in [0.1, 0.15) is 0 Å². The Kier molecular flexibility index (Phi) is 13.7. The predicted molar refractivity (Wildman–Crippen MR) is 206 cm³/mol. The van der Waals surface area contributed by atoms with Crippen LogP contribution in [0, 0.1) is 23.5 Å². The van der Waals surface area contributed by atoms with Gasteiger partial charge in [-0.05, 0) is 43.2 Å². The van der Waals surface area contributed by atoms with Crippen molar-refractivity contribution in [3.05, 3.63) is 71.1 Å². The van der Waals surface area contributed by atoms with Crippen LogP contribution in [0.25, 0.3) is 16.9 Å². The lowest BCUT2D eigenvalue weighted by Crippen LogP contribution is -2.54. The van der Waals surface area contributed by atoms with E-state index < -0.39 is 36.0 Å². The molecular weight excluding hydrogens is 863 g/mol. The Labute approximate surface area is 336 Å². The summed E-state index contributed by atoms with van der Waals surface area (Å²) in [4.78, 5) is 47.0. The molecule has 1 unspecified atom stereocenters. The number of ether oxygens (including phenoxy) is 1. The van der Waals surface area contributed by atoms with Gasteiger partial charge in [0.15, 0.2) is 23.0 Å². The lowest BCUT2D eigenvalue weighted by atomic mass is 9.93. The molecule has 4 N–H and O–H groups in total. The maximum Gasteiger partial charge on any atom is 0.407 e. The van der Waals surface area contributed by atoms with Crippen molar-refractivity contribution >= 4 is 70.6 Å². The molecule has 2 fully saturated rings. The van der Waals surface area contributed by atoms with E-state index in [-0.39, 0.29) is 69.1 Å². The smallest absolute Gasteiger partial charge is 0.407 e. The number of amides is 3. The molecule has 2 aromatic carbocycles. The van der Waals surface area contributed by atoms with Crippen LogP contribution < -0.4 is 20.7 Å². The van der Waals surface area contributed by atoms with E-state index in [1.54, 1.807) is 6.07 Å². The molecule has 3 amide bonds. The molecule has 0 bridgehead atoms. The monoisotopic (exact) mass is 903 g/mol. The Bertz CT molecular complexity index is 2030. The first-order valence-corrected chi connectivity index (χ1v) is 17.9. The topological polar surface area (TPSA) is 150 Å². The minimum atomic E-state index is -3.32. The second-order valence-corrected chi connectivity index (χ2v) is 14.3. The summed E-state index contributed by atoms with van der Waals surface area (Å²) in [5.41, 5.74) is 0.820. The minimum Gasteiger partial charge on any atom is -0.465 e. The molecule has 2 aliphatic heterocycles. The fraction of sp³-hybridized carbons (Fsp3) is 0.417. The van der Waals surface area contributed by atoms with Crippen molar-refractivity contribution in [3.63, 3.8) is 0 Å². The van der Waals surface area contributed by atoms with E-state index in [0.29, 0.717) is 44.2 Å². The molecule has 2 saturated heterocycles. The molecule has 0 aliphatic carbocycles. The fourth-order valence-corrected chi connectivity index (χ4v) is 7.46. The van der Waals surface area contributed by atoms with Gasteiger partial charge in [0.25, 0.3) is 5.91 Å². The van der Waals surface area contributed by atoms with E-state index in [1.165, 1.54) is 40.0 Å². The van der Waals surface area contributed by atoms with E-state index in [1.807, 2.05) is 0 Å². The fourth-order valence-electron chi connectivity index (χ4n) is 7.19. The zero-order chi connectivity index (χ0) is 38.6. The van der Waals surface area contributed by atoms with Crippen molar-refractivity contribution in [2.75, 3.05) is 58.2 Å². The molecule has 55 heavy (non-hydrogen) atoms. The molecule has 2 aliphatic rings. The summed E-state index contributed by atoms with van der Waals surface area (Å²) >= 11 is 6.46. The van der Waals surface area contributed by atoms with Crippen LogP contribution >= 0.6 is 35.6 Å². The quantitative estimate of drug-likeness (QED) is 0.0523. The van der Waals surface area contributed by atoms with Crippen molar-refractivity contribution in [2.45, 2.75) is 32.3 Å². The molecule has 1 atom stereocenters. The Morgan fingerprint density at radius 2 is 1.80 bits per heavy atom. The molecule has 2 aromatic heterocycles. The predicted octanol–water partition coefficient (Wildman–Crippen LogP) is 6.38.